The standard InChI is InChI=1S/C18H32O2.C12H20O8/c1-2-3-4-5-6-7-8-9-10-11-12-13-14-15-16-17-18(19)20;1-7(13)11(16)4-12(17)19-6-10(20-9(3)15)5-18-8(2)14/h6-7,9-10H,2-5,8,11-17H2,1H3,(H,19,20);7,10-11,13,16H,4-6H2,1-3H3/b7-6-,10-9-;. The molecule has 10 heteroatoms. The number of esters is 3. The third-order valence-electron chi connectivity index (χ3n) is 5.51. The van der Waals surface area contributed by atoms with Crippen molar-refractivity contribution in [3.05, 3.63) is 24.3 Å². The van der Waals surface area contributed by atoms with Crippen LogP contribution in [0.2, 0.25) is 0 Å². The Labute approximate surface area is 239 Å². The first-order valence-corrected chi connectivity index (χ1v) is 14.3. The van der Waals surface area contributed by atoms with Crippen LogP contribution in [0.1, 0.15) is 111 Å². The van der Waals surface area contributed by atoms with Crippen LogP contribution in [-0.2, 0) is 33.4 Å². The third-order valence-corrected chi connectivity index (χ3v) is 5.51. The molecule has 3 N–H and O–H groups in total. The van der Waals surface area contributed by atoms with E-state index >= 15 is 0 Å². The molecule has 0 rings (SSSR count). The Hall–Kier alpha value is -2.72. The number of carboxylic acid groups (broad SMARTS) is 1. The number of carbonyl (C=O) groups excluding carboxylic acids is 3. The number of aliphatic hydroxyl groups excluding tert-OH is 2. The lowest BCUT2D eigenvalue weighted by Crippen LogP contribution is -2.31. The van der Waals surface area contributed by atoms with Gasteiger partial charge in [0, 0.05) is 20.3 Å². The van der Waals surface area contributed by atoms with Crippen LogP contribution in [0.3, 0.4) is 0 Å². The molecule has 3 atom stereocenters. The number of aliphatic carboxylic acids is 1. The molecule has 0 spiro atoms. The largest absolute Gasteiger partial charge is 0.481 e. The maximum Gasteiger partial charge on any atom is 0.308 e. The summed E-state index contributed by atoms with van der Waals surface area (Å²) in [5, 5.41) is 26.8. The molecule has 0 bridgehead atoms. The molecule has 0 radical (unpaired) electrons. The van der Waals surface area contributed by atoms with E-state index in [1.165, 1.54) is 65.7 Å². The van der Waals surface area contributed by atoms with E-state index < -0.39 is 48.6 Å². The lowest BCUT2D eigenvalue weighted by molar-refractivity contribution is -0.165. The highest BCUT2D eigenvalue weighted by Gasteiger charge is 2.20. The Morgan fingerprint density at radius 1 is 0.750 bits per heavy atom. The Morgan fingerprint density at radius 3 is 1.82 bits per heavy atom. The van der Waals surface area contributed by atoms with Crippen molar-refractivity contribution in [3.63, 3.8) is 0 Å². The van der Waals surface area contributed by atoms with Crippen LogP contribution in [0, 0.1) is 0 Å². The van der Waals surface area contributed by atoms with Crippen LogP contribution >= 0.6 is 0 Å². The van der Waals surface area contributed by atoms with E-state index in [-0.39, 0.29) is 13.2 Å². The Kier molecular flexibility index (Phi) is 27.4. The van der Waals surface area contributed by atoms with Gasteiger partial charge >= 0.3 is 23.9 Å². The predicted octanol–water partition coefficient (Wildman–Crippen LogP) is 5.04. The molecule has 3 unspecified atom stereocenters. The van der Waals surface area contributed by atoms with Gasteiger partial charge in [-0.25, -0.2) is 0 Å². The minimum Gasteiger partial charge on any atom is -0.481 e. The van der Waals surface area contributed by atoms with Crippen molar-refractivity contribution in [3.8, 4) is 0 Å². The number of rotatable bonds is 22. The molecule has 0 saturated carbocycles. The molecular formula is C30H52O10. The maximum atomic E-state index is 11.3. The van der Waals surface area contributed by atoms with Crippen molar-refractivity contribution < 1.29 is 48.7 Å². The van der Waals surface area contributed by atoms with Crippen LogP contribution < -0.4 is 0 Å². The van der Waals surface area contributed by atoms with E-state index in [4.69, 9.17) is 19.7 Å². The van der Waals surface area contributed by atoms with Gasteiger partial charge in [0.1, 0.15) is 13.2 Å². The third kappa shape index (κ3) is 31.5. The molecule has 0 aliphatic heterocycles. The summed E-state index contributed by atoms with van der Waals surface area (Å²) in [7, 11) is 0. The first kappa shape index (κ1) is 39.4. The fourth-order valence-electron chi connectivity index (χ4n) is 3.23. The van der Waals surface area contributed by atoms with E-state index in [0.29, 0.717) is 6.42 Å². The molecule has 10 nitrogen and oxygen atoms in total. The Balaban J connectivity index is 0. The average Bonchev–Trinajstić information content (AvgIpc) is 2.87. The van der Waals surface area contributed by atoms with Gasteiger partial charge in [0.2, 0.25) is 0 Å². The molecule has 232 valence electrons. The lowest BCUT2D eigenvalue weighted by atomic mass is 10.1. The summed E-state index contributed by atoms with van der Waals surface area (Å²) in [4.78, 5) is 43.2. The van der Waals surface area contributed by atoms with Crippen molar-refractivity contribution in [2.24, 2.45) is 0 Å². The summed E-state index contributed by atoms with van der Waals surface area (Å²) in [5.41, 5.74) is 0. The minimum absolute atomic E-state index is 0.235. The molecule has 0 aromatic carbocycles. The van der Waals surface area contributed by atoms with Gasteiger partial charge in [0.05, 0.1) is 18.6 Å². The highest BCUT2D eigenvalue weighted by molar-refractivity contribution is 5.70. The molecule has 0 heterocycles. The van der Waals surface area contributed by atoms with Crippen molar-refractivity contribution in [1.29, 1.82) is 0 Å². The van der Waals surface area contributed by atoms with Gasteiger partial charge in [-0.2, -0.15) is 0 Å². The maximum absolute atomic E-state index is 11.3. The molecular weight excluding hydrogens is 520 g/mol. The second-order valence-corrected chi connectivity index (χ2v) is 9.60. The fourth-order valence-corrected chi connectivity index (χ4v) is 3.23. The first-order valence-electron chi connectivity index (χ1n) is 14.3. The van der Waals surface area contributed by atoms with E-state index in [0.717, 1.165) is 25.7 Å². The number of aliphatic hydroxyl groups is 2. The smallest absolute Gasteiger partial charge is 0.308 e. The lowest BCUT2D eigenvalue weighted by Gasteiger charge is -2.18. The van der Waals surface area contributed by atoms with Crippen LogP contribution in [0.4, 0.5) is 0 Å². The van der Waals surface area contributed by atoms with E-state index in [9.17, 15) is 24.3 Å². The second kappa shape index (κ2) is 27.8. The van der Waals surface area contributed by atoms with Crippen molar-refractivity contribution in [2.75, 3.05) is 13.2 Å². The van der Waals surface area contributed by atoms with Crippen molar-refractivity contribution >= 4 is 23.9 Å². The summed E-state index contributed by atoms with van der Waals surface area (Å²) in [6.45, 7) is 5.38. The molecule has 40 heavy (non-hydrogen) atoms. The van der Waals surface area contributed by atoms with Gasteiger partial charge in [-0.1, -0.05) is 63.3 Å². The van der Waals surface area contributed by atoms with E-state index in [1.807, 2.05) is 0 Å². The SMILES string of the molecule is CC(=O)OCC(COC(=O)CC(O)C(C)O)OC(C)=O.CCCCC/C=C\C/C=C\CCCCCCCC(=O)O. The zero-order valence-electron chi connectivity index (χ0n) is 24.8. The molecule has 0 aromatic rings. The summed E-state index contributed by atoms with van der Waals surface area (Å²) in [6.07, 6.45) is 18.7. The normalized spacial score (nSPS) is 13.2. The number of hydrogen-bond donors (Lipinski definition) is 3. The van der Waals surface area contributed by atoms with Gasteiger partial charge in [-0.05, 0) is 45.4 Å². The number of unbranched alkanes of at least 4 members (excludes halogenated alkanes) is 8. The minimum atomic E-state index is -1.23. The van der Waals surface area contributed by atoms with Gasteiger partial charge in [-0.3, -0.25) is 19.2 Å². The molecule has 0 aliphatic rings. The van der Waals surface area contributed by atoms with E-state index in [2.05, 4.69) is 36.0 Å². The summed E-state index contributed by atoms with van der Waals surface area (Å²) >= 11 is 0. The number of carbonyl (C=O) groups is 4. The molecule has 0 saturated heterocycles. The zero-order valence-corrected chi connectivity index (χ0v) is 24.8. The van der Waals surface area contributed by atoms with Crippen LogP contribution in [-0.4, -0.2) is 70.7 Å². The number of hydrogen-bond acceptors (Lipinski definition) is 9. The monoisotopic (exact) mass is 572 g/mol. The van der Waals surface area contributed by atoms with Crippen LogP contribution in [0.5, 0.6) is 0 Å². The summed E-state index contributed by atoms with van der Waals surface area (Å²) in [6, 6.07) is 0. The zero-order chi connectivity index (χ0) is 30.6. The molecule has 0 fully saturated rings. The quantitative estimate of drug-likeness (QED) is 0.0695. The van der Waals surface area contributed by atoms with Crippen molar-refractivity contribution in [2.45, 2.75) is 129 Å². The van der Waals surface area contributed by atoms with Gasteiger partial charge in [-0.15, -0.1) is 0 Å². The Bertz CT molecular complexity index is 730. The number of allylic oxidation sites excluding steroid dienone is 4. The predicted molar refractivity (Wildman–Crippen MR) is 152 cm³/mol. The average molecular weight is 573 g/mol. The summed E-state index contributed by atoms with van der Waals surface area (Å²) < 4.78 is 14.2. The highest BCUT2D eigenvalue weighted by Crippen LogP contribution is 2.08. The molecule has 0 aromatic heterocycles. The van der Waals surface area contributed by atoms with Gasteiger partial charge in [0.15, 0.2) is 6.10 Å². The first-order chi connectivity index (χ1) is 19.0. The molecule has 0 amide bonds. The van der Waals surface area contributed by atoms with Crippen molar-refractivity contribution in [1.82, 2.24) is 0 Å². The van der Waals surface area contributed by atoms with Crippen LogP contribution in [0.25, 0.3) is 0 Å². The summed E-state index contributed by atoms with van der Waals surface area (Å²) in [5.74, 6) is -2.60. The number of ether oxygens (including phenoxy) is 3. The topological polar surface area (TPSA) is 157 Å². The van der Waals surface area contributed by atoms with Gasteiger partial charge in [0.25, 0.3) is 0 Å². The van der Waals surface area contributed by atoms with E-state index in [1.54, 1.807) is 0 Å². The molecule has 0 aliphatic carbocycles. The van der Waals surface area contributed by atoms with Gasteiger partial charge < -0.3 is 29.5 Å². The number of carboxylic acids is 1. The fraction of sp³-hybridized carbons (Fsp3) is 0.733. The highest BCUT2D eigenvalue weighted by atomic mass is 16.6. The second-order valence-electron chi connectivity index (χ2n) is 9.60. The van der Waals surface area contributed by atoms with Crippen LogP contribution in [0.15, 0.2) is 24.3 Å². The Morgan fingerprint density at radius 2 is 1.30 bits per heavy atom.